The molecule has 0 aliphatic heterocycles. The van der Waals surface area contributed by atoms with Gasteiger partial charge in [0.15, 0.2) is 0 Å². The van der Waals surface area contributed by atoms with Crippen LogP contribution in [0.1, 0.15) is 23.6 Å². The molecule has 4 rings (SSSR count). The van der Waals surface area contributed by atoms with Gasteiger partial charge in [-0.15, -0.1) is 0 Å². The van der Waals surface area contributed by atoms with Crippen LogP contribution >= 0.6 is 0 Å². The van der Waals surface area contributed by atoms with E-state index in [1.165, 1.54) is 24.1 Å². The van der Waals surface area contributed by atoms with Gasteiger partial charge >= 0.3 is 0 Å². The highest BCUT2D eigenvalue weighted by atomic mass is 32.2. The summed E-state index contributed by atoms with van der Waals surface area (Å²) < 4.78 is 40.3. The Labute approximate surface area is 265 Å². The summed E-state index contributed by atoms with van der Waals surface area (Å²) in [6.45, 7) is 3.67. The topological polar surface area (TPSA) is 105 Å². The van der Waals surface area contributed by atoms with Crippen molar-refractivity contribution in [3.05, 3.63) is 120 Å². The SMILES string of the molecule is CCOc1ccc(N(CC(=O)N(Cc2cccc(OC)c2)[C@@H](Cc2ccccc2)C(=O)NC)S(=O)(=O)c2ccc(C)cc2)cc1. The van der Waals surface area contributed by atoms with Gasteiger partial charge in [-0.25, -0.2) is 8.42 Å². The fourth-order valence-electron chi connectivity index (χ4n) is 4.93. The molecule has 0 aliphatic carbocycles. The summed E-state index contributed by atoms with van der Waals surface area (Å²) in [6, 6.07) is 28.7. The van der Waals surface area contributed by atoms with E-state index in [2.05, 4.69) is 5.32 Å². The van der Waals surface area contributed by atoms with E-state index in [0.29, 0.717) is 18.1 Å². The number of amides is 2. The lowest BCUT2D eigenvalue weighted by Gasteiger charge is -2.33. The van der Waals surface area contributed by atoms with Gasteiger partial charge in [0.2, 0.25) is 11.8 Å². The Hall–Kier alpha value is -4.83. The second-order valence-corrected chi connectivity index (χ2v) is 12.3. The molecule has 0 bridgehead atoms. The highest BCUT2D eigenvalue weighted by molar-refractivity contribution is 7.92. The molecule has 0 saturated heterocycles. The first-order chi connectivity index (χ1) is 21.7. The van der Waals surface area contributed by atoms with E-state index in [4.69, 9.17) is 9.47 Å². The standard InChI is InChI=1S/C35H39N3O6S/c1-5-44-30-18-16-29(17-19-30)38(45(41,42)32-20-14-26(2)15-21-32)25-34(39)37(24-28-12-9-13-31(22-28)43-4)33(35(40)36-3)23-27-10-7-6-8-11-27/h6-22,33H,5,23-25H2,1-4H3,(H,36,40)/t33-/m0/s1. The first kappa shape index (κ1) is 33.1. The molecule has 4 aromatic rings. The van der Waals surface area contributed by atoms with Gasteiger partial charge < -0.3 is 19.7 Å². The predicted molar refractivity (Wildman–Crippen MR) is 175 cm³/mol. The number of ether oxygens (including phenoxy) is 2. The van der Waals surface area contributed by atoms with E-state index in [0.717, 1.165) is 21.0 Å². The predicted octanol–water partition coefficient (Wildman–Crippen LogP) is 4.98. The lowest BCUT2D eigenvalue weighted by atomic mass is 10.0. The van der Waals surface area contributed by atoms with Crippen molar-refractivity contribution in [1.29, 1.82) is 0 Å². The molecule has 0 aromatic heterocycles. The molecule has 9 nitrogen and oxygen atoms in total. The summed E-state index contributed by atoms with van der Waals surface area (Å²) in [5.74, 6) is 0.246. The molecule has 0 radical (unpaired) electrons. The number of anilines is 1. The molecule has 0 saturated carbocycles. The number of carbonyl (C=O) groups excluding carboxylic acids is 2. The number of methoxy groups -OCH3 is 1. The van der Waals surface area contributed by atoms with Crippen LogP contribution < -0.4 is 19.1 Å². The number of benzene rings is 4. The molecule has 0 fully saturated rings. The van der Waals surface area contributed by atoms with Crippen molar-refractivity contribution in [3.63, 3.8) is 0 Å². The average molecular weight is 630 g/mol. The third-order valence-corrected chi connectivity index (χ3v) is 9.12. The van der Waals surface area contributed by atoms with Gasteiger partial charge in [-0.05, 0) is 73.5 Å². The zero-order valence-corrected chi connectivity index (χ0v) is 26.8. The average Bonchev–Trinajstić information content (AvgIpc) is 3.06. The second kappa shape index (κ2) is 15.3. The largest absolute Gasteiger partial charge is 0.497 e. The van der Waals surface area contributed by atoms with Gasteiger partial charge in [0.1, 0.15) is 24.1 Å². The number of nitrogens with zero attached hydrogens (tertiary/aromatic N) is 2. The van der Waals surface area contributed by atoms with E-state index >= 15 is 0 Å². The van der Waals surface area contributed by atoms with Crippen molar-refractivity contribution >= 4 is 27.5 Å². The fraction of sp³-hybridized carbons (Fsp3) is 0.257. The molecule has 0 unspecified atom stereocenters. The Kier molecular flexibility index (Phi) is 11.2. The Morgan fingerprint density at radius 1 is 0.844 bits per heavy atom. The zero-order valence-electron chi connectivity index (χ0n) is 26.0. The molecule has 1 atom stereocenters. The lowest BCUT2D eigenvalue weighted by Crippen LogP contribution is -2.53. The first-order valence-electron chi connectivity index (χ1n) is 14.7. The summed E-state index contributed by atoms with van der Waals surface area (Å²) in [7, 11) is -1.13. The fourth-order valence-corrected chi connectivity index (χ4v) is 6.34. The van der Waals surface area contributed by atoms with Gasteiger partial charge in [-0.3, -0.25) is 13.9 Å². The molecule has 236 valence electrons. The summed E-state index contributed by atoms with van der Waals surface area (Å²) in [5, 5.41) is 2.69. The van der Waals surface area contributed by atoms with E-state index in [1.807, 2.05) is 50.2 Å². The molecule has 45 heavy (non-hydrogen) atoms. The van der Waals surface area contributed by atoms with Gasteiger partial charge in [-0.1, -0.05) is 60.2 Å². The summed E-state index contributed by atoms with van der Waals surface area (Å²) in [5.41, 5.74) is 2.76. The monoisotopic (exact) mass is 629 g/mol. The van der Waals surface area contributed by atoms with E-state index < -0.39 is 28.5 Å². The number of rotatable bonds is 14. The molecule has 0 aliphatic rings. The number of likely N-dealkylation sites (N-methyl/N-ethyl adjacent to an activating group) is 1. The molecule has 0 spiro atoms. The number of hydrogen-bond acceptors (Lipinski definition) is 6. The maximum Gasteiger partial charge on any atom is 0.264 e. The minimum Gasteiger partial charge on any atom is -0.497 e. The second-order valence-electron chi connectivity index (χ2n) is 10.4. The van der Waals surface area contributed by atoms with E-state index in [1.54, 1.807) is 61.7 Å². The number of carbonyl (C=O) groups is 2. The highest BCUT2D eigenvalue weighted by Crippen LogP contribution is 2.27. The first-order valence-corrected chi connectivity index (χ1v) is 16.1. The van der Waals surface area contributed by atoms with Crippen molar-refractivity contribution in [1.82, 2.24) is 10.2 Å². The molecule has 2 amide bonds. The smallest absolute Gasteiger partial charge is 0.264 e. The van der Waals surface area contributed by atoms with Crippen molar-refractivity contribution in [2.45, 2.75) is 37.8 Å². The summed E-state index contributed by atoms with van der Waals surface area (Å²) >= 11 is 0. The van der Waals surface area contributed by atoms with Gasteiger partial charge in [0.05, 0.1) is 24.3 Å². The van der Waals surface area contributed by atoms with Crippen molar-refractivity contribution in [3.8, 4) is 11.5 Å². The van der Waals surface area contributed by atoms with Crippen LogP contribution in [0, 0.1) is 6.92 Å². The van der Waals surface area contributed by atoms with Crippen molar-refractivity contribution in [2.24, 2.45) is 0 Å². The van der Waals surface area contributed by atoms with Crippen LogP contribution in [0.4, 0.5) is 5.69 Å². The van der Waals surface area contributed by atoms with Crippen LogP contribution in [0.2, 0.25) is 0 Å². The lowest BCUT2D eigenvalue weighted by molar-refractivity contribution is -0.139. The van der Waals surface area contributed by atoms with Crippen LogP contribution in [0.25, 0.3) is 0 Å². The molecule has 10 heteroatoms. The van der Waals surface area contributed by atoms with Crippen LogP contribution in [-0.4, -0.2) is 58.5 Å². The van der Waals surface area contributed by atoms with Crippen LogP contribution in [-0.2, 0) is 32.6 Å². The number of nitrogens with one attached hydrogen (secondary N) is 1. The number of sulfonamides is 1. The summed E-state index contributed by atoms with van der Waals surface area (Å²) in [4.78, 5) is 29.3. The van der Waals surface area contributed by atoms with Crippen molar-refractivity contribution < 1.29 is 27.5 Å². The van der Waals surface area contributed by atoms with Gasteiger partial charge in [0.25, 0.3) is 10.0 Å². The highest BCUT2D eigenvalue weighted by Gasteiger charge is 2.34. The maximum atomic E-state index is 14.4. The molecule has 1 N–H and O–H groups in total. The quantitative estimate of drug-likeness (QED) is 0.211. The molecule has 4 aromatic carbocycles. The third-order valence-electron chi connectivity index (χ3n) is 7.33. The number of hydrogen-bond donors (Lipinski definition) is 1. The van der Waals surface area contributed by atoms with Gasteiger partial charge in [-0.2, -0.15) is 0 Å². The van der Waals surface area contributed by atoms with Gasteiger partial charge in [0, 0.05) is 20.0 Å². The Bertz CT molecular complexity index is 1680. The van der Waals surface area contributed by atoms with Crippen LogP contribution in [0.3, 0.4) is 0 Å². The minimum atomic E-state index is -4.19. The van der Waals surface area contributed by atoms with Crippen LogP contribution in [0.15, 0.2) is 108 Å². The Balaban J connectivity index is 1.79. The normalized spacial score (nSPS) is 11.7. The molecular formula is C35H39N3O6S. The molecule has 0 heterocycles. The Morgan fingerprint density at radius 2 is 1.51 bits per heavy atom. The number of aryl methyl sites for hydroxylation is 1. The summed E-state index contributed by atoms with van der Waals surface area (Å²) in [6.07, 6.45) is 0.226. The maximum absolute atomic E-state index is 14.4. The minimum absolute atomic E-state index is 0.0428. The van der Waals surface area contributed by atoms with E-state index in [-0.39, 0.29) is 29.5 Å². The van der Waals surface area contributed by atoms with E-state index in [9.17, 15) is 18.0 Å². The Morgan fingerprint density at radius 3 is 2.13 bits per heavy atom. The third kappa shape index (κ3) is 8.42. The van der Waals surface area contributed by atoms with Crippen LogP contribution in [0.5, 0.6) is 11.5 Å². The zero-order chi connectivity index (χ0) is 32.4. The molecular weight excluding hydrogens is 590 g/mol. The van der Waals surface area contributed by atoms with Crippen molar-refractivity contribution in [2.75, 3.05) is 31.6 Å².